The Kier molecular flexibility index (Phi) is 3.12. The summed E-state index contributed by atoms with van der Waals surface area (Å²) < 4.78 is 4.91. The van der Waals surface area contributed by atoms with Gasteiger partial charge in [-0.05, 0) is 19.9 Å². The van der Waals surface area contributed by atoms with Crippen molar-refractivity contribution in [2.45, 2.75) is 19.8 Å². The topological polar surface area (TPSA) is 106 Å². The highest BCUT2D eigenvalue weighted by Crippen LogP contribution is 2.38. The molecule has 1 unspecified atom stereocenters. The molecular formula is C12H12N2O5. The summed E-state index contributed by atoms with van der Waals surface area (Å²) in [7, 11) is 0. The zero-order valence-electron chi connectivity index (χ0n) is 10.3. The van der Waals surface area contributed by atoms with Crippen molar-refractivity contribution in [2.75, 3.05) is 0 Å². The average molecular weight is 264 g/mol. The van der Waals surface area contributed by atoms with Gasteiger partial charge in [-0.2, -0.15) is 0 Å². The summed E-state index contributed by atoms with van der Waals surface area (Å²) in [6.45, 7) is 3.13. The lowest BCUT2D eigenvalue weighted by Gasteiger charge is -2.24. The summed E-state index contributed by atoms with van der Waals surface area (Å²) in [6.07, 6.45) is 2.68. The lowest BCUT2D eigenvalue weighted by Crippen LogP contribution is -2.30. The number of dihydropyridines is 1. The van der Waals surface area contributed by atoms with Gasteiger partial charge in [0.1, 0.15) is 5.92 Å². The lowest BCUT2D eigenvalue weighted by atomic mass is 9.85. The standard InChI is InChI=1S/C12H12N2O5/c1-6-9(12(15)16)10(8-3-4-19-5-8)11(14(17)18)7(2)13-6/h3-5,10,13H,1-2H3,(H,15,16). The van der Waals surface area contributed by atoms with E-state index in [1.54, 1.807) is 13.8 Å². The van der Waals surface area contributed by atoms with Crippen LogP contribution in [0.1, 0.15) is 25.3 Å². The smallest absolute Gasteiger partial charge is 0.334 e. The largest absolute Gasteiger partial charge is 0.478 e. The Balaban J connectivity index is 2.65. The summed E-state index contributed by atoms with van der Waals surface area (Å²) in [5.41, 5.74) is 0.952. The molecule has 0 amide bonds. The molecule has 1 aromatic heterocycles. The molecule has 0 fully saturated rings. The maximum Gasteiger partial charge on any atom is 0.334 e. The molecule has 0 aromatic carbocycles. The molecule has 2 N–H and O–H groups in total. The van der Waals surface area contributed by atoms with E-state index in [0.717, 1.165) is 0 Å². The van der Waals surface area contributed by atoms with Crippen molar-refractivity contribution < 1.29 is 19.2 Å². The van der Waals surface area contributed by atoms with Crippen molar-refractivity contribution in [3.05, 3.63) is 56.9 Å². The molecule has 1 aliphatic heterocycles. The molecule has 7 heteroatoms. The van der Waals surface area contributed by atoms with Crippen molar-refractivity contribution in [1.29, 1.82) is 0 Å². The number of rotatable bonds is 3. The zero-order valence-corrected chi connectivity index (χ0v) is 10.3. The molecule has 0 bridgehead atoms. The van der Waals surface area contributed by atoms with Crippen molar-refractivity contribution in [1.82, 2.24) is 5.32 Å². The Morgan fingerprint density at radius 3 is 2.63 bits per heavy atom. The molecular weight excluding hydrogens is 252 g/mol. The quantitative estimate of drug-likeness (QED) is 0.637. The average Bonchev–Trinajstić information content (AvgIpc) is 2.79. The molecule has 2 rings (SSSR count). The van der Waals surface area contributed by atoms with Gasteiger partial charge in [0.05, 0.1) is 28.7 Å². The second-order valence-electron chi connectivity index (χ2n) is 4.23. The highest BCUT2D eigenvalue weighted by Gasteiger charge is 2.40. The summed E-state index contributed by atoms with van der Waals surface area (Å²) >= 11 is 0. The summed E-state index contributed by atoms with van der Waals surface area (Å²) in [4.78, 5) is 22.0. The molecule has 7 nitrogen and oxygen atoms in total. The minimum absolute atomic E-state index is 0.0429. The first kappa shape index (κ1) is 12.9. The van der Waals surface area contributed by atoms with E-state index < -0.39 is 16.8 Å². The van der Waals surface area contributed by atoms with E-state index >= 15 is 0 Å². The Morgan fingerprint density at radius 1 is 1.47 bits per heavy atom. The van der Waals surface area contributed by atoms with Gasteiger partial charge in [0.25, 0.3) is 5.70 Å². The SMILES string of the molecule is CC1=C(C(=O)O)C(c2ccoc2)C([N+](=O)[O-])=C(C)N1. The van der Waals surface area contributed by atoms with E-state index in [2.05, 4.69) is 5.32 Å². The molecule has 0 saturated heterocycles. The van der Waals surface area contributed by atoms with Gasteiger partial charge in [0.15, 0.2) is 0 Å². The fourth-order valence-corrected chi connectivity index (χ4v) is 2.27. The molecule has 19 heavy (non-hydrogen) atoms. The second kappa shape index (κ2) is 4.60. The van der Waals surface area contributed by atoms with E-state index in [0.29, 0.717) is 17.0 Å². The first-order valence-electron chi connectivity index (χ1n) is 5.51. The summed E-state index contributed by atoms with van der Waals surface area (Å²) in [6, 6.07) is 1.53. The third kappa shape index (κ3) is 2.10. The highest BCUT2D eigenvalue weighted by molar-refractivity contribution is 5.90. The highest BCUT2D eigenvalue weighted by atomic mass is 16.6. The Hall–Kier alpha value is -2.57. The molecule has 1 atom stereocenters. The number of allylic oxidation sites excluding steroid dienone is 3. The first-order valence-corrected chi connectivity index (χ1v) is 5.51. The number of aliphatic carboxylic acids is 1. The number of carboxylic acids is 1. The number of carboxylic acid groups (broad SMARTS) is 1. The van der Waals surface area contributed by atoms with E-state index in [-0.39, 0.29) is 11.3 Å². The van der Waals surface area contributed by atoms with Gasteiger partial charge in [-0.3, -0.25) is 10.1 Å². The van der Waals surface area contributed by atoms with E-state index in [1.165, 1.54) is 18.6 Å². The van der Waals surface area contributed by atoms with Gasteiger partial charge in [-0.25, -0.2) is 4.79 Å². The van der Waals surface area contributed by atoms with Crippen molar-refractivity contribution in [3.8, 4) is 0 Å². The predicted molar refractivity (Wildman–Crippen MR) is 64.6 cm³/mol. The lowest BCUT2D eigenvalue weighted by molar-refractivity contribution is -0.431. The summed E-state index contributed by atoms with van der Waals surface area (Å²) in [5, 5.41) is 23.2. The molecule has 2 heterocycles. The molecule has 100 valence electrons. The number of nitrogens with one attached hydrogen (secondary N) is 1. The minimum atomic E-state index is -1.19. The van der Waals surface area contributed by atoms with Gasteiger partial charge in [-0.1, -0.05) is 0 Å². The zero-order chi connectivity index (χ0) is 14.2. The molecule has 1 aromatic rings. The van der Waals surface area contributed by atoms with Crippen molar-refractivity contribution in [2.24, 2.45) is 0 Å². The van der Waals surface area contributed by atoms with Crippen molar-refractivity contribution in [3.63, 3.8) is 0 Å². The van der Waals surface area contributed by atoms with Gasteiger partial charge in [0, 0.05) is 11.3 Å². The van der Waals surface area contributed by atoms with Crippen LogP contribution < -0.4 is 5.32 Å². The second-order valence-corrected chi connectivity index (χ2v) is 4.23. The van der Waals surface area contributed by atoms with Gasteiger partial charge in [-0.15, -0.1) is 0 Å². The van der Waals surface area contributed by atoms with Crippen molar-refractivity contribution >= 4 is 5.97 Å². The van der Waals surface area contributed by atoms with E-state index in [9.17, 15) is 20.0 Å². The Morgan fingerprint density at radius 2 is 2.16 bits per heavy atom. The normalized spacial score (nSPS) is 19.4. The first-order chi connectivity index (χ1) is 8.93. The molecule has 1 aliphatic rings. The van der Waals surface area contributed by atoms with E-state index in [1.807, 2.05) is 0 Å². The molecule has 0 saturated carbocycles. The van der Waals surface area contributed by atoms with Crippen LogP contribution >= 0.6 is 0 Å². The monoisotopic (exact) mass is 264 g/mol. The molecule has 0 aliphatic carbocycles. The fourth-order valence-electron chi connectivity index (χ4n) is 2.27. The maximum absolute atomic E-state index is 11.4. The minimum Gasteiger partial charge on any atom is -0.478 e. The van der Waals surface area contributed by atoms with Crippen LogP contribution in [-0.4, -0.2) is 16.0 Å². The number of nitro groups is 1. The van der Waals surface area contributed by atoms with Crippen LogP contribution in [0.25, 0.3) is 0 Å². The number of nitrogens with zero attached hydrogens (tertiary/aromatic N) is 1. The number of furan rings is 1. The van der Waals surface area contributed by atoms with Crippen LogP contribution in [-0.2, 0) is 4.79 Å². The van der Waals surface area contributed by atoms with Crippen LogP contribution in [0, 0.1) is 10.1 Å². The van der Waals surface area contributed by atoms with Crippen LogP contribution in [0.2, 0.25) is 0 Å². The maximum atomic E-state index is 11.4. The van der Waals surface area contributed by atoms with Crippen LogP contribution in [0.3, 0.4) is 0 Å². The number of carbonyl (C=O) groups is 1. The molecule has 0 radical (unpaired) electrons. The van der Waals surface area contributed by atoms with Crippen LogP contribution in [0.4, 0.5) is 0 Å². The predicted octanol–water partition coefficient (Wildman–Crippen LogP) is 1.83. The van der Waals surface area contributed by atoms with Gasteiger partial charge >= 0.3 is 5.97 Å². The fraction of sp³-hybridized carbons (Fsp3) is 0.250. The van der Waals surface area contributed by atoms with Crippen LogP contribution in [0.15, 0.2) is 45.7 Å². The number of hydrogen-bond donors (Lipinski definition) is 2. The summed E-state index contributed by atoms with van der Waals surface area (Å²) in [5.74, 6) is -2.13. The van der Waals surface area contributed by atoms with E-state index in [4.69, 9.17) is 4.42 Å². The third-order valence-electron chi connectivity index (χ3n) is 3.03. The molecule has 0 spiro atoms. The van der Waals surface area contributed by atoms with Gasteiger partial charge < -0.3 is 14.8 Å². The Bertz CT molecular complexity index is 562. The van der Waals surface area contributed by atoms with Crippen LogP contribution in [0.5, 0.6) is 0 Å². The number of hydrogen-bond acceptors (Lipinski definition) is 5. The third-order valence-corrected chi connectivity index (χ3v) is 3.03. The van der Waals surface area contributed by atoms with Gasteiger partial charge in [0.2, 0.25) is 0 Å². The Labute approximate surface area is 108 Å².